The maximum atomic E-state index is 13.0. The number of fused-ring (bicyclic) bond motifs is 2. The number of carbonyl (C=O) groups excluding carboxylic acids is 2. The highest BCUT2D eigenvalue weighted by molar-refractivity contribution is 9.10. The molecule has 0 unspecified atom stereocenters. The number of benzene rings is 2. The van der Waals surface area contributed by atoms with E-state index >= 15 is 0 Å². The molecule has 1 aliphatic rings. The molecule has 32 heavy (non-hydrogen) atoms. The van der Waals surface area contributed by atoms with E-state index in [1.165, 1.54) is 18.4 Å². The third kappa shape index (κ3) is 3.92. The minimum atomic E-state index is -0.342. The van der Waals surface area contributed by atoms with Crippen molar-refractivity contribution in [3.8, 4) is 10.6 Å². The van der Waals surface area contributed by atoms with E-state index in [0.29, 0.717) is 25.1 Å². The van der Waals surface area contributed by atoms with Gasteiger partial charge in [-0.2, -0.15) is 0 Å². The molecule has 2 aromatic carbocycles. The molecule has 1 N–H and O–H groups in total. The topological polar surface area (TPSA) is 71.5 Å². The van der Waals surface area contributed by atoms with Gasteiger partial charge in [0.25, 0.3) is 5.91 Å². The van der Waals surface area contributed by atoms with Crippen molar-refractivity contribution in [2.24, 2.45) is 0 Å². The SMILES string of the molecule is COC(=O)N1CCc2c(sc(NC(=O)c3cccc(Br)c3)c2-c2nc3ccccc3s2)C1. The van der Waals surface area contributed by atoms with Gasteiger partial charge >= 0.3 is 6.09 Å². The molecule has 4 aromatic rings. The number of rotatable bonds is 3. The van der Waals surface area contributed by atoms with Gasteiger partial charge in [0.2, 0.25) is 0 Å². The van der Waals surface area contributed by atoms with Crippen LogP contribution in [-0.4, -0.2) is 35.5 Å². The zero-order valence-corrected chi connectivity index (χ0v) is 20.3. The summed E-state index contributed by atoms with van der Waals surface area (Å²) in [6.45, 7) is 1.02. The fourth-order valence-corrected chi connectivity index (χ4v) is 6.55. The number of thiazole rings is 1. The minimum absolute atomic E-state index is 0.183. The summed E-state index contributed by atoms with van der Waals surface area (Å²) in [5.74, 6) is -0.183. The lowest BCUT2D eigenvalue weighted by molar-refractivity contribution is 0.102. The van der Waals surface area contributed by atoms with Crippen LogP contribution in [0.4, 0.5) is 9.80 Å². The second kappa shape index (κ2) is 8.65. The Labute approximate surface area is 201 Å². The lowest BCUT2D eigenvalue weighted by atomic mass is 10.0. The number of halogens is 1. The largest absolute Gasteiger partial charge is 0.453 e. The average Bonchev–Trinajstić information content (AvgIpc) is 3.38. The second-order valence-corrected chi connectivity index (χ2v) is 10.4. The monoisotopic (exact) mass is 527 g/mol. The summed E-state index contributed by atoms with van der Waals surface area (Å²) in [5.41, 5.74) is 3.60. The molecule has 0 spiro atoms. The molecule has 0 aliphatic carbocycles. The maximum absolute atomic E-state index is 13.0. The van der Waals surface area contributed by atoms with E-state index in [0.717, 1.165) is 40.7 Å². The fraction of sp³-hybridized carbons (Fsp3) is 0.174. The maximum Gasteiger partial charge on any atom is 0.409 e. The number of carbonyl (C=O) groups is 2. The van der Waals surface area contributed by atoms with Crippen LogP contribution < -0.4 is 5.32 Å². The number of methoxy groups -OCH3 is 1. The highest BCUT2D eigenvalue weighted by Crippen LogP contribution is 2.45. The van der Waals surface area contributed by atoms with Crippen LogP contribution in [0.15, 0.2) is 53.0 Å². The number of anilines is 1. The van der Waals surface area contributed by atoms with Crippen LogP contribution in [0.5, 0.6) is 0 Å². The molecule has 6 nitrogen and oxygen atoms in total. The first kappa shape index (κ1) is 21.1. The Morgan fingerprint density at radius 3 is 2.78 bits per heavy atom. The fourth-order valence-electron chi connectivity index (χ4n) is 3.79. The Kier molecular flexibility index (Phi) is 5.71. The van der Waals surface area contributed by atoms with E-state index in [4.69, 9.17) is 9.72 Å². The van der Waals surface area contributed by atoms with Gasteiger partial charge in [0.1, 0.15) is 10.0 Å². The molecule has 0 fully saturated rings. The van der Waals surface area contributed by atoms with Crippen molar-refractivity contribution in [1.29, 1.82) is 0 Å². The Balaban J connectivity index is 1.58. The van der Waals surface area contributed by atoms with Gasteiger partial charge in [0.15, 0.2) is 0 Å². The second-order valence-electron chi connectivity index (χ2n) is 7.30. The molecular weight excluding hydrogens is 510 g/mol. The zero-order valence-electron chi connectivity index (χ0n) is 17.1. The molecule has 2 aromatic heterocycles. The summed E-state index contributed by atoms with van der Waals surface area (Å²) in [4.78, 5) is 32.7. The van der Waals surface area contributed by atoms with Crippen molar-refractivity contribution in [3.63, 3.8) is 0 Å². The number of hydrogen-bond donors (Lipinski definition) is 1. The predicted octanol–water partition coefficient (Wildman–Crippen LogP) is 6.16. The molecule has 0 radical (unpaired) electrons. The number of nitrogens with one attached hydrogen (secondary N) is 1. The van der Waals surface area contributed by atoms with Crippen molar-refractivity contribution in [3.05, 3.63) is 69.0 Å². The summed E-state index contributed by atoms with van der Waals surface area (Å²) >= 11 is 6.53. The van der Waals surface area contributed by atoms with E-state index in [9.17, 15) is 9.59 Å². The van der Waals surface area contributed by atoms with Crippen LogP contribution >= 0.6 is 38.6 Å². The van der Waals surface area contributed by atoms with E-state index in [1.54, 1.807) is 28.4 Å². The van der Waals surface area contributed by atoms with Crippen molar-refractivity contribution >= 4 is 65.8 Å². The van der Waals surface area contributed by atoms with Gasteiger partial charge in [-0.25, -0.2) is 9.78 Å². The molecule has 3 heterocycles. The number of aromatic nitrogens is 1. The van der Waals surface area contributed by atoms with Crippen molar-refractivity contribution in [2.45, 2.75) is 13.0 Å². The van der Waals surface area contributed by atoms with Crippen molar-refractivity contribution < 1.29 is 14.3 Å². The number of nitrogens with zero attached hydrogens (tertiary/aromatic N) is 2. The highest BCUT2D eigenvalue weighted by Gasteiger charge is 2.30. The molecule has 0 saturated carbocycles. The first-order chi connectivity index (χ1) is 15.5. The molecule has 0 bridgehead atoms. The van der Waals surface area contributed by atoms with E-state index in [1.807, 2.05) is 36.4 Å². The smallest absolute Gasteiger partial charge is 0.409 e. The van der Waals surface area contributed by atoms with Crippen molar-refractivity contribution in [2.75, 3.05) is 19.0 Å². The first-order valence-corrected chi connectivity index (χ1v) is 12.4. The Morgan fingerprint density at radius 2 is 2.00 bits per heavy atom. The third-order valence-corrected chi connectivity index (χ3v) is 7.99. The van der Waals surface area contributed by atoms with Crippen LogP contribution in [0.1, 0.15) is 20.8 Å². The van der Waals surface area contributed by atoms with Gasteiger partial charge < -0.3 is 15.0 Å². The molecule has 162 valence electrons. The molecule has 1 aliphatic heterocycles. The lowest BCUT2D eigenvalue weighted by Crippen LogP contribution is -2.35. The summed E-state index contributed by atoms with van der Waals surface area (Å²) in [6.07, 6.45) is 0.337. The Morgan fingerprint density at radius 1 is 1.16 bits per heavy atom. The number of ether oxygens (including phenoxy) is 1. The Hall–Kier alpha value is -2.75. The van der Waals surface area contributed by atoms with Crippen molar-refractivity contribution in [1.82, 2.24) is 9.88 Å². The third-order valence-electron chi connectivity index (χ3n) is 5.31. The van der Waals surface area contributed by atoms with Crippen LogP contribution in [0.3, 0.4) is 0 Å². The summed E-state index contributed by atoms with van der Waals surface area (Å²) in [7, 11) is 1.39. The van der Waals surface area contributed by atoms with Gasteiger partial charge in [-0.1, -0.05) is 34.1 Å². The highest BCUT2D eigenvalue weighted by atomic mass is 79.9. The molecule has 9 heteroatoms. The summed E-state index contributed by atoms with van der Waals surface area (Å²) in [5, 5.41) is 4.73. The minimum Gasteiger partial charge on any atom is -0.453 e. The van der Waals surface area contributed by atoms with Gasteiger partial charge in [0.05, 0.1) is 23.9 Å². The summed E-state index contributed by atoms with van der Waals surface area (Å²) < 4.78 is 6.85. The predicted molar refractivity (Wildman–Crippen MR) is 132 cm³/mol. The molecule has 2 amide bonds. The normalized spacial score (nSPS) is 13.1. The van der Waals surface area contributed by atoms with Gasteiger partial charge in [0, 0.05) is 27.0 Å². The van der Waals surface area contributed by atoms with Crippen LogP contribution in [0, 0.1) is 0 Å². The number of amides is 2. The van der Waals surface area contributed by atoms with E-state index in [-0.39, 0.29) is 12.0 Å². The Bertz CT molecular complexity index is 1310. The van der Waals surface area contributed by atoms with Crippen LogP contribution in [0.2, 0.25) is 0 Å². The zero-order chi connectivity index (χ0) is 22.2. The standard InChI is InChI=1S/C23H18BrN3O3S2/c1-30-23(29)27-10-9-15-18(12-27)32-22(26-20(28)13-5-4-6-14(24)11-13)19(15)21-25-16-7-2-3-8-17(16)31-21/h2-8,11H,9-10,12H2,1H3,(H,26,28). The van der Waals surface area contributed by atoms with E-state index < -0.39 is 0 Å². The van der Waals surface area contributed by atoms with Gasteiger partial charge in [-0.3, -0.25) is 4.79 Å². The average molecular weight is 528 g/mol. The number of hydrogen-bond acceptors (Lipinski definition) is 6. The van der Waals surface area contributed by atoms with Gasteiger partial charge in [-0.15, -0.1) is 22.7 Å². The van der Waals surface area contributed by atoms with Crippen LogP contribution in [0.25, 0.3) is 20.8 Å². The lowest BCUT2D eigenvalue weighted by Gasteiger charge is -2.25. The van der Waals surface area contributed by atoms with Crippen LogP contribution in [-0.2, 0) is 17.7 Å². The first-order valence-electron chi connectivity index (χ1n) is 9.94. The molecular formula is C23H18BrN3O3S2. The number of para-hydroxylation sites is 1. The van der Waals surface area contributed by atoms with Gasteiger partial charge in [-0.05, 0) is 42.3 Å². The van der Waals surface area contributed by atoms with E-state index in [2.05, 4.69) is 21.2 Å². The molecule has 5 rings (SSSR count). The summed E-state index contributed by atoms with van der Waals surface area (Å²) in [6, 6.07) is 15.3. The molecule has 0 atom stereocenters. The number of thiophene rings is 1. The quantitative estimate of drug-likeness (QED) is 0.346. The molecule has 0 saturated heterocycles.